The minimum absolute atomic E-state index is 0.0700. The Balaban J connectivity index is 2.00. The first-order chi connectivity index (χ1) is 12.6. The average molecular weight is 378 g/mol. The van der Waals surface area contributed by atoms with E-state index in [9.17, 15) is 27.2 Å². The highest BCUT2D eigenvalue weighted by Gasteiger charge is 2.30. The molecule has 0 aliphatic heterocycles. The Morgan fingerprint density at radius 2 is 1.52 bits per heavy atom. The second-order valence-corrected chi connectivity index (χ2v) is 5.60. The highest BCUT2D eigenvalue weighted by atomic mass is 19.4. The highest BCUT2D eigenvalue weighted by molar-refractivity contribution is 6.10. The number of aromatic hydroxyl groups is 1. The number of phenolic OH excluding ortho intramolecular Hbond substituents is 1. The van der Waals surface area contributed by atoms with E-state index in [1.54, 1.807) is 12.1 Å². The van der Waals surface area contributed by atoms with Gasteiger partial charge in [0.2, 0.25) is 0 Å². The predicted octanol–water partition coefficient (Wildman–Crippen LogP) is 4.81. The summed E-state index contributed by atoms with van der Waals surface area (Å²) in [6.07, 6.45) is -0.746. The molecule has 0 unspecified atom stereocenters. The number of carbonyl (C=O) groups excluding carboxylic acids is 2. The van der Waals surface area contributed by atoms with Crippen molar-refractivity contribution in [2.24, 2.45) is 0 Å². The number of halogens is 4. The average Bonchev–Trinajstić information content (AvgIpc) is 2.59. The van der Waals surface area contributed by atoms with E-state index in [0.29, 0.717) is 23.8 Å². The maximum absolute atomic E-state index is 13.6. The lowest BCUT2D eigenvalue weighted by Gasteiger charge is -2.07. The number of rotatable bonds is 6. The first kappa shape index (κ1) is 20.1. The molecule has 0 atom stereocenters. The van der Waals surface area contributed by atoms with E-state index in [4.69, 9.17) is 5.11 Å². The molecular weight excluding hydrogens is 364 g/mol. The molecule has 2 aromatic rings. The molecule has 0 aliphatic rings. The molecule has 0 aromatic heterocycles. The van der Waals surface area contributed by atoms with Gasteiger partial charge in [-0.25, -0.2) is 4.39 Å². The third-order valence-corrected chi connectivity index (χ3v) is 3.48. The van der Waals surface area contributed by atoms with Crippen molar-refractivity contribution in [1.82, 2.24) is 0 Å². The fourth-order valence-electron chi connectivity index (χ4n) is 2.09. The molecule has 0 spiro atoms. The Morgan fingerprint density at radius 3 is 2.11 bits per heavy atom. The van der Waals surface area contributed by atoms with Gasteiger partial charge in [0.25, 0.3) is 0 Å². The molecule has 7 heteroatoms. The van der Waals surface area contributed by atoms with E-state index >= 15 is 0 Å². The number of alkyl halides is 3. The van der Waals surface area contributed by atoms with Gasteiger partial charge in [0.05, 0.1) is 12.0 Å². The van der Waals surface area contributed by atoms with Gasteiger partial charge in [-0.05, 0) is 54.1 Å². The second-order valence-electron chi connectivity index (χ2n) is 5.60. The normalized spacial score (nSPS) is 12.0. The Kier molecular flexibility index (Phi) is 6.28. The van der Waals surface area contributed by atoms with Crippen LogP contribution in [0.25, 0.3) is 12.2 Å². The van der Waals surface area contributed by atoms with E-state index in [2.05, 4.69) is 0 Å². The van der Waals surface area contributed by atoms with Gasteiger partial charge in [0.1, 0.15) is 11.6 Å². The minimum atomic E-state index is -4.63. The Bertz CT molecular complexity index is 894. The van der Waals surface area contributed by atoms with Crippen LogP contribution in [-0.2, 0) is 15.8 Å². The summed E-state index contributed by atoms with van der Waals surface area (Å²) in [6.45, 7) is 0. The van der Waals surface area contributed by atoms with E-state index in [1.807, 2.05) is 0 Å². The van der Waals surface area contributed by atoms with Crippen LogP contribution in [0.15, 0.2) is 54.6 Å². The van der Waals surface area contributed by atoms with Gasteiger partial charge in [-0.15, -0.1) is 0 Å². The number of benzene rings is 2. The molecule has 0 saturated carbocycles. The molecule has 0 amide bonds. The van der Waals surface area contributed by atoms with E-state index < -0.39 is 41.1 Å². The van der Waals surface area contributed by atoms with Gasteiger partial charge in [-0.3, -0.25) is 9.59 Å². The fraction of sp³-hybridized carbons (Fsp3) is 0.100. The number of allylic oxidation sites excluding steroid dienone is 2. The lowest BCUT2D eigenvalue weighted by atomic mass is 10.1. The van der Waals surface area contributed by atoms with Crippen LogP contribution in [0.1, 0.15) is 23.1 Å². The molecule has 2 rings (SSSR count). The van der Waals surface area contributed by atoms with Crippen LogP contribution < -0.4 is 0 Å². The molecule has 0 saturated heterocycles. The van der Waals surface area contributed by atoms with Crippen LogP contribution in [0.2, 0.25) is 0 Å². The SMILES string of the molecule is O=C(/C=C/c1ccc(O)cc1)CC(=O)/C=C/c1cc(C(F)(F)F)ccc1F. The van der Waals surface area contributed by atoms with Gasteiger partial charge in [-0.1, -0.05) is 18.2 Å². The molecule has 140 valence electrons. The maximum atomic E-state index is 13.6. The topological polar surface area (TPSA) is 54.4 Å². The van der Waals surface area contributed by atoms with Crippen molar-refractivity contribution < 1.29 is 32.3 Å². The maximum Gasteiger partial charge on any atom is 0.416 e. The lowest BCUT2D eigenvalue weighted by molar-refractivity contribution is -0.137. The van der Waals surface area contributed by atoms with E-state index in [1.165, 1.54) is 24.3 Å². The largest absolute Gasteiger partial charge is 0.508 e. The summed E-state index contributed by atoms with van der Waals surface area (Å²) in [4.78, 5) is 23.5. The molecule has 0 heterocycles. The number of carbonyl (C=O) groups is 2. The van der Waals surface area contributed by atoms with Gasteiger partial charge in [0.15, 0.2) is 11.6 Å². The van der Waals surface area contributed by atoms with Crippen molar-refractivity contribution in [2.75, 3.05) is 0 Å². The summed E-state index contributed by atoms with van der Waals surface area (Å²) < 4.78 is 51.5. The molecular formula is C20H14F4O3. The first-order valence-electron chi connectivity index (χ1n) is 7.73. The Hall–Kier alpha value is -3.22. The third-order valence-electron chi connectivity index (χ3n) is 3.48. The molecule has 27 heavy (non-hydrogen) atoms. The Labute approximate surface area is 152 Å². The predicted molar refractivity (Wildman–Crippen MR) is 92.2 cm³/mol. The molecule has 0 aliphatic carbocycles. The quantitative estimate of drug-likeness (QED) is 0.446. The number of hydrogen-bond donors (Lipinski definition) is 1. The van der Waals surface area contributed by atoms with Gasteiger partial charge in [-0.2, -0.15) is 13.2 Å². The molecule has 1 N–H and O–H groups in total. The molecule has 0 bridgehead atoms. The van der Waals surface area contributed by atoms with Crippen LogP contribution in [0.5, 0.6) is 5.75 Å². The minimum Gasteiger partial charge on any atom is -0.508 e. The van der Waals surface area contributed by atoms with Crippen molar-refractivity contribution in [3.63, 3.8) is 0 Å². The summed E-state index contributed by atoms with van der Waals surface area (Å²) in [5.74, 6) is -2.04. The third kappa shape index (κ3) is 6.22. The number of phenols is 1. The fourth-order valence-corrected chi connectivity index (χ4v) is 2.09. The van der Waals surface area contributed by atoms with E-state index in [0.717, 1.165) is 12.2 Å². The zero-order chi connectivity index (χ0) is 20.0. The summed E-state index contributed by atoms with van der Waals surface area (Å²) in [6, 6.07) is 7.86. The van der Waals surface area contributed by atoms with Crippen molar-refractivity contribution in [3.05, 3.63) is 77.1 Å². The van der Waals surface area contributed by atoms with Crippen molar-refractivity contribution in [3.8, 4) is 5.75 Å². The standard InChI is InChI=1S/C20H14F4O3/c21-19-10-5-15(20(22,23)24)11-14(19)4-9-18(27)12-17(26)8-3-13-1-6-16(25)7-2-13/h1-11,25H,12H2/b8-3+,9-4+. The molecule has 0 fully saturated rings. The smallest absolute Gasteiger partial charge is 0.416 e. The molecule has 3 nitrogen and oxygen atoms in total. The molecule has 2 aromatic carbocycles. The zero-order valence-corrected chi connectivity index (χ0v) is 13.8. The van der Waals surface area contributed by atoms with Gasteiger partial charge >= 0.3 is 6.18 Å². The van der Waals surface area contributed by atoms with Crippen LogP contribution in [0.3, 0.4) is 0 Å². The number of ketones is 2. The highest BCUT2D eigenvalue weighted by Crippen LogP contribution is 2.30. The van der Waals surface area contributed by atoms with Crippen molar-refractivity contribution in [2.45, 2.75) is 12.6 Å². The van der Waals surface area contributed by atoms with Crippen molar-refractivity contribution >= 4 is 23.7 Å². The summed E-state index contributed by atoms with van der Waals surface area (Å²) in [7, 11) is 0. The van der Waals surface area contributed by atoms with Crippen molar-refractivity contribution in [1.29, 1.82) is 0 Å². The van der Waals surface area contributed by atoms with Crippen LogP contribution in [0, 0.1) is 5.82 Å². The zero-order valence-electron chi connectivity index (χ0n) is 13.8. The van der Waals surface area contributed by atoms with Gasteiger partial charge < -0.3 is 5.11 Å². The van der Waals surface area contributed by atoms with E-state index in [-0.39, 0.29) is 5.75 Å². The Morgan fingerprint density at radius 1 is 0.926 bits per heavy atom. The van der Waals surface area contributed by atoms with Crippen LogP contribution >= 0.6 is 0 Å². The van der Waals surface area contributed by atoms with Gasteiger partial charge in [0, 0.05) is 5.56 Å². The number of hydrogen-bond acceptors (Lipinski definition) is 3. The summed E-state index contributed by atoms with van der Waals surface area (Å²) >= 11 is 0. The summed E-state index contributed by atoms with van der Waals surface area (Å²) in [5.41, 5.74) is -0.802. The second kappa shape index (κ2) is 8.44. The monoisotopic (exact) mass is 378 g/mol. The van der Waals surface area contributed by atoms with Crippen LogP contribution in [0.4, 0.5) is 17.6 Å². The van der Waals surface area contributed by atoms with Crippen LogP contribution in [-0.4, -0.2) is 16.7 Å². The first-order valence-corrected chi connectivity index (χ1v) is 7.73. The lowest BCUT2D eigenvalue weighted by Crippen LogP contribution is -2.05. The summed E-state index contributed by atoms with van der Waals surface area (Å²) in [5, 5.41) is 9.15. The molecule has 0 radical (unpaired) electrons.